The molecule has 1 aliphatic heterocycles. The maximum absolute atomic E-state index is 13.5. The number of aliphatic hydroxyl groups is 1. The van der Waals surface area contributed by atoms with E-state index in [0.717, 1.165) is 19.4 Å². The summed E-state index contributed by atoms with van der Waals surface area (Å²) in [5.74, 6) is 0.0345. The van der Waals surface area contributed by atoms with Crippen LogP contribution in [-0.2, 0) is 4.74 Å². The summed E-state index contributed by atoms with van der Waals surface area (Å²) in [4.78, 5) is 0. The van der Waals surface area contributed by atoms with Gasteiger partial charge in [0, 0.05) is 18.2 Å². The predicted molar refractivity (Wildman–Crippen MR) is 61.5 cm³/mol. The second-order valence-corrected chi connectivity index (χ2v) is 4.31. The largest absolute Gasteiger partial charge is 0.491 e. The maximum atomic E-state index is 13.5. The molecule has 3 nitrogen and oxygen atoms in total. The molecule has 94 valence electrons. The average molecular weight is 240 g/mol. The number of hydrogen-bond donors (Lipinski definition) is 1. The van der Waals surface area contributed by atoms with Crippen molar-refractivity contribution in [3.8, 4) is 5.75 Å². The van der Waals surface area contributed by atoms with Crippen molar-refractivity contribution in [3.05, 3.63) is 29.6 Å². The Bertz CT molecular complexity index is 373. The van der Waals surface area contributed by atoms with E-state index in [1.807, 2.05) is 0 Å². The zero-order valence-electron chi connectivity index (χ0n) is 9.86. The molecule has 0 bridgehead atoms. The molecule has 2 unspecified atom stereocenters. The number of benzene rings is 1. The van der Waals surface area contributed by atoms with Crippen LogP contribution >= 0.6 is 0 Å². The van der Waals surface area contributed by atoms with Crippen LogP contribution in [0, 0.1) is 5.82 Å². The number of aliphatic hydroxyl groups excluding tert-OH is 1. The Hall–Kier alpha value is -1.13. The third-order valence-electron chi connectivity index (χ3n) is 2.88. The van der Waals surface area contributed by atoms with Gasteiger partial charge in [0.2, 0.25) is 0 Å². The first kappa shape index (κ1) is 12.3. The fraction of sp³-hybridized carbons (Fsp3) is 0.538. The molecule has 1 aromatic carbocycles. The van der Waals surface area contributed by atoms with E-state index in [1.54, 1.807) is 12.1 Å². The summed E-state index contributed by atoms with van der Waals surface area (Å²) in [6, 6.07) is 4.52. The van der Waals surface area contributed by atoms with Gasteiger partial charge in [-0.05, 0) is 31.9 Å². The molecule has 1 fully saturated rings. The molecular formula is C13H17FO3. The monoisotopic (exact) mass is 240 g/mol. The third kappa shape index (κ3) is 3.17. The van der Waals surface area contributed by atoms with E-state index in [-0.39, 0.29) is 11.7 Å². The predicted octanol–water partition coefficient (Wildman–Crippen LogP) is 2.44. The van der Waals surface area contributed by atoms with Crippen molar-refractivity contribution in [2.24, 2.45) is 0 Å². The third-order valence-corrected chi connectivity index (χ3v) is 2.88. The maximum Gasteiger partial charge on any atom is 0.132 e. The lowest BCUT2D eigenvalue weighted by atomic mass is 10.1. The highest BCUT2D eigenvalue weighted by molar-refractivity contribution is 5.30. The highest BCUT2D eigenvalue weighted by Crippen LogP contribution is 2.22. The minimum atomic E-state index is -0.804. The summed E-state index contributed by atoms with van der Waals surface area (Å²) < 4.78 is 24.4. The standard InChI is InChI=1S/C13H17FO3/c1-9(15)12-5-4-10(7-13(12)14)17-8-11-3-2-6-16-11/h4-5,7,9,11,15H,2-3,6,8H2,1H3. The zero-order chi connectivity index (χ0) is 12.3. The molecule has 1 aromatic rings. The lowest BCUT2D eigenvalue weighted by Gasteiger charge is -2.13. The summed E-state index contributed by atoms with van der Waals surface area (Å²) in [6.07, 6.45) is 1.37. The molecule has 0 aliphatic carbocycles. The van der Waals surface area contributed by atoms with Gasteiger partial charge < -0.3 is 14.6 Å². The first-order valence-electron chi connectivity index (χ1n) is 5.88. The minimum absolute atomic E-state index is 0.120. The van der Waals surface area contributed by atoms with Crippen molar-refractivity contribution >= 4 is 0 Å². The molecule has 4 heteroatoms. The fourth-order valence-corrected chi connectivity index (χ4v) is 1.90. The lowest BCUT2D eigenvalue weighted by Crippen LogP contribution is -2.16. The zero-order valence-corrected chi connectivity index (χ0v) is 9.86. The SMILES string of the molecule is CC(O)c1ccc(OCC2CCCO2)cc1F. The first-order chi connectivity index (χ1) is 8.16. The Labute approximate surface area is 100 Å². The summed E-state index contributed by atoms with van der Waals surface area (Å²) >= 11 is 0. The summed E-state index contributed by atoms with van der Waals surface area (Å²) in [6.45, 7) is 2.77. The average Bonchev–Trinajstić information content (AvgIpc) is 2.78. The highest BCUT2D eigenvalue weighted by Gasteiger charge is 2.16. The topological polar surface area (TPSA) is 38.7 Å². The van der Waals surface area contributed by atoms with Crippen LogP contribution in [0.2, 0.25) is 0 Å². The molecule has 0 spiro atoms. The van der Waals surface area contributed by atoms with E-state index in [2.05, 4.69) is 0 Å². The Morgan fingerprint density at radius 1 is 1.59 bits per heavy atom. The number of hydrogen-bond acceptors (Lipinski definition) is 3. The van der Waals surface area contributed by atoms with Crippen molar-refractivity contribution in [1.82, 2.24) is 0 Å². The molecule has 0 aromatic heterocycles. The van der Waals surface area contributed by atoms with Gasteiger partial charge in [0.15, 0.2) is 0 Å². The van der Waals surface area contributed by atoms with Gasteiger partial charge in [0.25, 0.3) is 0 Å². The van der Waals surface area contributed by atoms with Gasteiger partial charge in [-0.3, -0.25) is 0 Å². The van der Waals surface area contributed by atoms with Crippen LogP contribution in [0.4, 0.5) is 4.39 Å². The van der Waals surface area contributed by atoms with Crippen molar-refractivity contribution in [2.45, 2.75) is 32.0 Å². The summed E-state index contributed by atoms with van der Waals surface area (Å²) in [5, 5.41) is 9.30. The summed E-state index contributed by atoms with van der Waals surface area (Å²) in [5.41, 5.74) is 0.287. The fourth-order valence-electron chi connectivity index (χ4n) is 1.90. The van der Waals surface area contributed by atoms with E-state index in [9.17, 15) is 9.50 Å². The Morgan fingerprint density at radius 2 is 2.41 bits per heavy atom. The van der Waals surface area contributed by atoms with Crippen LogP contribution in [0.1, 0.15) is 31.4 Å². The van der Waals surface area contributed by atoms with E-state index in [0.29, 0.717) is 12.4 Å². The molecule has 17 heavy (non-hydrogen) atoms. The molecule has 0 radical (unpaired) electrons. The van der Waals surface area contributed by atoms with Gasteiger partial charge >= 0.3 is 0 Å². The first-order valence-corrected chi connectivity index (χ1v) is 5.88. The van der Waals surface area contributed by atoms with Crippen molar-refractivity contribution in [2.75, 3.05) is 13.2 Å². The molecule has 0 amide bonds. The second-order valence-electron chi connectivity index (χ2n) is 4.31. The van der Waals surface area contributed by atoms with Crippen molar-refractivity contribution in [1.29, 1.82) is 0 Å². The van der Waals surface area contributed by atoms with Gasteiger partial charge in [-0.2, -0.15) is 0 Å². The minimum Gasteiger partial charge on any atom is -0.491 e. The lowest BCUT2D eigenvalue weighted by molar-refractivity contribution is 0.0678. The Balaban J connectivity index is 1.94. The van der Waals surface area contributed by atoms with E-state index >= 15 is 0 Å². The van der Waals surface area contributed by atoms with E-state index in [4.69, 9.17) is 9.47 Å². The van der Waals surface area contributed by atoms with Gasteiger partial charge in [-0.15, -0.1) is 0 Å². The Morgan fingerprint density at radius 3 is 3.00 bits per heavy atom. The van der Waals surface area contributed by atoms with E-state index in [1.165, 1.54) is 13.0 Å². The molecular weight excluding hydrogens is 223 g/mol. The normalized spacial score (nSPS) is 21.5. The van der Waals surface area contributed by atoms with Crippen molar-refractivity contribution < 1.29 is 19.0 Å². The van der Waals surface area contributed by atoms with Crippen LogP contribution in [0.5, 0.6) is 5.75 Å². The van der Waals surface area contributed by atoms with Crippen LogP contribution in [-0.4, -0.2) is 24.4 Å². The van der Waals surface area contributed by atoms with Gasteiger partial charge in [0.1, 0.15) is 18.2 Å². The molecule has 1 N–H and O–H groups in total. The van der Waals surface area contributed by atoms with Crippen LogP contribution in [0.15, 0.2) is 18.2 Å². The Kier molecular flexibility index (Phi) is 3.97. The van der Waals surface area contributed by atoms with Gasteiger partial charge in [-0.25, -0.2) is 4.39 Å². The van der Waals surface area contributed by atoms with Gasteiger partial charge in [0.05, 0.1) is 12.2 Å². The molecule has 0 saturated carbocycles. The van der Waals surface area contributed by atoms with Crippen LogP contribution < -0.4 is 4.74 Å². The van der Waals surface area contributed by atoms with Crippen molar-refractivity contribution in [3.63, 3.8) is 0 Å². The quantitative estimate of drug-likeness (QED) is 0.878. The molecule has 1 aliphatic rings. The molecule has 2 atom stereocenters. The number of halogens is 1. The van der Waals surface area contributed by atoms with E-state index < -0.39 is 11.9 Å². The molecule has 1 saturated heterocycles. The smallest absolute Gasteiger partial charge is 0.132 e. The van der Waals surface area contributed by atoms with Crippen LogP contribution in [0.25, 0.3) is 0 Å². The molecule has 1 heterocycles. The van der Waals surface area contributed by atoms with Crippen LogP contribution in [0.3, 0.4) is 0 Å². The second kappa shape index (κ2) is 5.47. The number of ether oxygens (including phenoxy) is 2. The molecule has 2 rings (SSSR count). The summed E-state index contributed by atoms with van der Waals surface area (Å²) in [7, 11) is 0. The van der Waals surface area contributed by atoms with Gasteiger partial charge in [-0.1, -0.05) is 0 Å². The highest BCUT2D eigenvalue weighted by atomic mass is 19.1. The number of rotatable bonds is 4.